The number of benzene rings is 2. The van der Waals surface area contributed by atoms with E-state index >= 15 is 0 Å². The topological polar surface area (TPSA) is 66.9 Å². The monoisotopic (exact) mass is 325 g/mol. The second-order valence-corrected chi connectivity index (χ2v) is 5.76. The molecular weight excluding hydrogens is 310 g/mol. The minimum absolute atomic E-state index is 0.186. The summed E-state index contributed by atoms with van der Waals surface area (Å²) >= 11 is 5.10. The van der Waals surface area contributed by atoms with E-state index < -0.39 is 0 Å². The number of H-pyrrole nitrogens is 1. The fraction of sp³-hybridized carbons (Fsp3) is 0.118. The molecule has 0 saturated heterocycles. The first-order valence-corrected chi connectivity index (χ1v) is 7.47. The van der Waals surface area contributed by atoms with E-state index in [0.717, 1.165) is 11.3 Å². The van der Waals surface area contributed by atoms with E-state index in [9.17, 15) is 9.59 Å². The van der Waals surface area contributed by atoms with E-state index in [2.05, 4.69) is 10.3 Å². The standard InChI is InChI=1S/C17H15N3O2S/c1-10-4-3-5-12(8-10)18-15(21)11-6-7-13-14(9-11)19-17(23)20(2)16(13)22/h3-9H,1-2H3,(H,18,21)(H,19,23). The third-order valence-electron chi connectivity index (χ3n) is 3.64. The number of hydrogen-bond acceptors (Lipinski definition) is 3. The SMILES string of the molecule is Cc1cccc(NC(=O)c2ccc3c(=O)n(C)c(=S)[nH]c3c2)c1. The Morgan fingerprint density at radius 1 is 1.22 bits per heavy atom. The van der Waals surface area contributed by atoms with Crippen LogP contribution in [-0.2, 0) is 7.05 Å². The molecule has 0 fully saturated rings. The van der Waals surface area contributed by atoms with Crippen LogP contribution in [0.1, 0.15) is 15.9 Å². The number of aromatic nitrogens is 2. The Morgan fingerprint density at radius 3 is 2.74 bits per heavy atom. The molecule has 3 rings (SSSR count). The molecule has 0 aliphatic heterocycles. The summed E-state index contributed by atoms with van der Waals surface area (Å²) in [7, 11) is 1.61. The highest BCUT2D eigenvalue weighted by Gasteiger charge is 2.09. The number of hydrogen-bond donors (Lipinski definition) is 2. The maximum absolute atomic E-state index is 12.4. The molecule has 0 aliphatic rings. The predicted octanol–water partition coefficient (Wildman–Crippen LogP) is 3.16. The number of nitrogens with one attached hydrogen (secondary N) is 2. The van der Waals surface area contributed by atoms with Gasteiger partial charge in [0.2, 0.25) is 0 Å². The zero-order valence-electron chi connectivity index (χ0n) is 12.7. The summed E-state index contributed by atoms with van der Waals surface area (Å²) in [5.41, 5.74) is 2.61. The lowest BCUT2D eigenvalue weighted by Crippen LogP contribution is -2.19. The van der Waals surface area contributed by atoms with Crippen LogP contribution in [-0.4, -0.2) is 15.5 Å². The minimum Gasteiger partial charge on any atom is -0.332 e. The molecule has 23 heavy (non-hydrogen) atoms. The molecule has 0 spiro atoms. The largest absolute Gasteiger partial charge is 0.332 e. The molecule has 0 unspecified atom stereocenters. The lowest BCUT2D eigenvalue weighted by atomic mass is 10.1. The summed E-state index contributed by atoms with van der Waals surface area (Å²) in [4.78, 5) is 27.5. The van der Waals surface area contributed by atoms with Crippen molar-refractivity contribution >= 4 is 34.7 Å². The molecule has 0 bridgehead atoms. The second-order valence-electron chi connectivity index (χ2n) is 5.38. The van der Waals surface area contributed by atoms with Gasteiger partial charge in [-0.05, 0) is 55.0 Å². The fourth-order valence-electron chi connectivity index (χ4n) is 2.37. The summed E-state index contributed by atoms with van der Waals surface area (Å²) in [5, 5.41) is 3.34. The van der Waals surface area contributed by atoms with Gasteiger partial charge in [0.1, 0.15) is 0 Å². The number of amides is 1. The van der Waals surface area contributed by atoms with Crippen molar-refractivity contribution in [1.29, 1.82) is 0 Å². The number of nitrogens with zero attached hydrogens (tertiary/aromatic N) is 1. The van der Waals surface area contributed by atoms with Gasteiger partial charge in [-0.15, -0.1) is 0 Å². The van der Waals surface area contributed by atoms with E-state index in [4.69, 9.17) is 12.2 Å². The van der Waals surface area contributed by atoms with Gasteiger partial charge in [-0.2, -0.15) is 0 Å². The number of carbonyl (C=O) groups excluding carboxylic acids is 1. The van der Waals surface area contributed by atoms with E-state index in [1.54, 1.807) is 25.2 Å². The molecule has 0 atom stereocenters. The summed E-state index contributed by atoms with van der Waals surface area (Å²) in [6, 6.07) is 12.5. The van der Waals surface area contributed by atoms with E-state index in [1.807, 2.05) is 31.2 Å². The lowest BCUT2D eigenvalue weighted by Gasteiger charge is -2.08. The van der Waals surface area contributed by atoms with Gasteiger partial charge in [-0.1, -0.05) is 12.1 Å². The third kappa shape index (κ3) is 2.93. The highest BCUT2D eigenvalue weighted by atomic mass is 32.1. The molecule has 1 heterocycles. The van der Waals surface area contributed by atoms with Crippen molar-refractivity contribution in [2.75, 3.05) is 5.32 Å². The first kappa shape index (κ1) is 15.2. The quantitative estimate of drug-likeness (QED) is 0.711. The van der Waals surface area contributed by atoms with Crippen molar-refractivity contribution in [2.45, 2.75) is 6.92 Å². The van der Waals surface area contributed by atoms with Crippen LogP contribution < -0.4 is 10.9 Å². The zero-order valence-corrected chi connectivity index (χ0v) is 13.5. The van der Waals surface area contributed by atoms with Crippen LogP contribution in [0.15, 0.2) is 47.3 Å². The van der Waals surface area contributed by atoms with E-state index in [-0.39, 0.29) is 11.5 Å². The maximum atomic E-state index is 12.4. The molecule has 1 aromatic heterocycles. The Kier molecular flexibility index (Phi) is 3.83. The Bertz CT molecular complexity index is 1030. The van der Waals surface area contributed by atoms with Gasteiger partial charge in [-0.25, -0.2) is 0 Å². The van der Waals surface area contributed by atoms with Crippen LogP contribution in [0.25, 0.3) is 10.9 Å². The third-order valence-corrected chi connectivity index (χ3v) is 4.01. The van der Waals surface area contributed by atoms with E-state index in [1.165, 1.54) is 4.57 Å². The number of fused-ring (bicyclic) bond motifs is 1. The van der Waals surface area contributed by atoms with Crippen molar-refractivity contribution < 1.29 is 4.79 Å². The first-order chi connectivity index (χ1) is 11.0. The van der Waals surface area contributed by atoms with Gasteiger partial charge in [0, 0.05) is 18.3 Å². The average molecular weight is 325 g/mol. The summed E-state index contributed by atoms with van der Waals surface area (Å²) in [6.45, 7) is 1.96. The zero-order chi connectivity index (χ0) is 16.6. The minimum atomic E-state index is -0.238. The summed E-state index contributed by atoms with van der Waals surface area (Å²) < 4.78 is 1.68. The van der Waals surface area contributed by atoms with Crippen LogP contribution in [0.2, 0.25) is 0 Å². The Balaban J connectivity index is 2.00. The molecule has 1 amide bonds. The van der Waals surface area contributed by atoms with Crippen molar-refractivity contribution in [3.05, 3.63) is 68.7 Å². The first-order valence-electron chi connectivity index (χ1n) is 7.07. The molecule has 116 valence electrons. The number of aryl methyl sites for hydroxylation is 1. The van der Waals surface area contributed by atoms with Crippen LogP contribution in [0, 0.1) is 11.7 Å². The summed E-state index contributed by atoms with van der Waals surface area (Å²) in [6.07, 6.45) is 0. The Morgan fingerprint density at radius 2 is 2.00 bits per heavy atom. The number of anilines is 1. The Hall–Kier alpha value is -2.73. The molecule has 2 aromatic carbocycles. The number of aromatic amines is 1. The van der Waals surface area contributed by atoms with Crippen LogP contribution in [0.4, 0.5) is 5.69 Å². The van der Waals surface area contributed by atoms with Crippen LogP contribution in [0.3, 0.4) is 0 Å². The molecule has 0 saturated carbocycles. The van der Waals surface area contributed by atoms with E-state index in [0.29, 0.717) is 21.2 Å². The molecule has 6 heteroatoms. The van der Waals surface area contributed by atoms with Gasteiger partial charge in [0.25, 0.3) is 11.5 Å². The molecule has 3 aromatic rings. The summed E-state index contributed by atoms with van der Waals surface area (Å²) in [5.74, 6) is -0.238. The highest BCUT2D eigenvalue weighted by Crippen LogP contribution is 2.14. The van der Waals surface area contributed by atoms with Crippen molar-refractivity contribution in [3.63, 3.8) is 0 Å². The highest BCUT2D eigenvalue weighted by molar-refractivity contribution is 7.71. The van der Waals surface area contributed by atoms with Gasteiger partial charge in [0.05, 0.1) is 10.9 Å². The van der Waals surface area contributed by atoms with Crippen molar-refractivity contribution in [1.82, 2.24) is 9.55 Å². The molecule has 2 N–H and O–H groups in total. The van der Waals surface area contributed by atoms with Crippen molar-refractivity contribution in [3.8, 4) is 0 Å². The van der Waals surface area contributed by atoms with Gasteiger partial charge in [-0.3, -0.25) is 14.2 Å². The smallest absolute Gasteiger partial charge is 0.261 e. The lowest BCUT2D eigenvalue weighted by molar-refractivity contribution is 0.102. The predicted molar refractivity (Wildman–Crippen MR) is 93.5 cm³/mol. The molecule has 5 nitrogen and oxygen atoms in total. The average Bonchev–Trinajstić information content (AvgIpc) is 2.52. The van der Waals surface area contributed by atoms with Gasteiger partial charge < -0.3 is 10.3 Å². The maximum Gasteiger partial charge on any atom is 0.261 e. The number of carbonyl (C=O) groups is 1. The molecular formula is C17H15N3O2S. The number of rotatable bonds is 2. The molecule has 0 radical (unpaired) electrons. The van der Waals surface area contributed by atoms with Gasteiger partial charge in [0.15, 0.2) is 4.77 Å². The molecule has 0 aliphatic carbocycles. The van der Waals surface area contributed by atoms with Crippen LogP contribution in [0.5, 0.6) is 0 Å². The Labute approximate surface area is 137 Å². The van der Waals surface area contributed by atoms with Gasteiger partial charge >= 0.3 is 0 Å². The fourth-order valence-corrected chi connectivity index (χ4v) is 2.57. The van der Waals surface area contributed by atoms with Crippen molar-refractivity contribution in [2.24, 2.45) is 7.05 Å². The normalized spacial score (nSPS) is 10.7. The second kappa shape index (κ2) is 5.81. The van der Waals surface area contributed by atoms with Crippen LogP contribution >= 0.6 is 12.2 Å².